The number of carbonyl (C=O) groups excluding carboxylic acids is 1. The molecule has 1 heterocycles. The Kier molecular flexibility index (Phi) is 4.53. The minimum absolute atomic E-state index is 0.0814. The molecule has 2 aromatic carbocycles. The van der Waals surface area contributed by atoms with Crippen molar-refractivity contribution in [2.45, 2.75) is 13.0 Å². The van der Waals surface area contributed by atoms with E-state index in [1.54, 1.807) is 31.2 Å². The highest BCUT2D eigenvalue weighted by atomic mass is 35.5. The van der Waals surface area contributed by atoms with Crippen molar-refractivity contribution in [1.82, 2.24) is 0 Å². The van der Waals surface area contributed by atoms with E-state index in [2.05, 4.69) is 15.3 Å². The normalized spacial score (nSPS) is 17.2. The van der Waals surface area contributed by atoms with Crippen LogP contribution in [0.4, 0.5) is 17.1 Å². The fourth-order valence-electron chi connectivity index (χ4n) is 2.25. The first-order chi connectivity index (χ1) is 12.0. The van der Waals surface area contributed by atoms with E-state index in [1.165, 1.54) is 23.2 Å². The predicted octanol–water partition coefficient (Wildman–Crippen LogP) is 4.12. The molecule has 0 radical (unpaired) electrons. The third-order valence-corrected chi connectivity index (χ3v) is 3.82. The van der Waals surface area contributed by atoms with Gasteiger partial charge in [-0.15, -0.1) is 0 Å². The van der Waals surface area contributed by atoms with Gasteiger partial charge in [-0.2, -0.15) is 20.3 Å². The van der Waals surface area contributed by atoms with Crippen molar-refractivity contribution in [1.29, 1.82) is 0 Å². The first-order valence-electron chi connectivity index (χ1n) is 7.26. The van der Waals surface area contributed by atoms with Gasteiger partial charge in [-0.05, 0) is 25.1 Å². The number of hydrogen-bond acceptors (Lipinski definition) is 6. The Bertz CT molecular complexity index is 898. The first kappa shape index (κ1) is 16.7. The number of nitrogens with zero attached hydrogens (tertiary/aromatic N) is 5. The van der Waals surface area contributed by atoms with E-state index in [9.17, 15) is 14.9 Å². The standard InChI is InChI=1S/C16H12ClN5O3/c1-10-15(16(23)21(20-10)11-5-3-2-4-6-11)19-18-14-8-7-12(22(24)25)9-13(14)17/h2-9,15H,1H3/t15-/m1/s1. The van der Waals surface area contributed by atoms with Crippen molar-refractivity contribution in [2.75, 3.05) is 5.01 Å². The van der Waals surface area contributed by atoms with Crippen molar-refractivity contribution >= 4 is 40.3 Å². The van der Waals surface area contributed by atoms with Crippen LogP contribution in [0.1, 0.15) is 6.92 Å². The Morgan fingerprint density at radius 3 is 2.60 bits per heavy atom. The monoisotopic (exact) mass is 357 g/mol. The Labute approximate surface area is 147 Å². The van der Waals surface area contributed by atoms with Crippen molar-refractivity contribution < 1.29 is 9.72 Å². The number of non-ortho nitro benzene ring substituents is 1. The molecule has 8 nitrogen and oxygen atoms in total. The minimum atomic E-state index is -0.855. The van der Waals surface area contributed by atoms with Crippen molar-refractivity contribution in [2.24, 2.45) is 15.3 Å². The van der Waals surface area contributed by atoms with E-state index in [4.69, 9.17) is 11.6 Å². The van der Waals surface area contributed by atoms with Gasteiger partial charge in [0.05, 0.1) is 21.3 Å². The third-order valence-electron chi connectivity index (χ3n) is 3.52. The van der Waals surface area contributed by atoms with Gasteiger partial charge >= 0.3 is 0 Å². The number of rotatable bonds is 4. The molecule has 0 spiro atoms. The Balaban J connectivity index is 1.82. The van der Waals surface area contributed by atoms with Gasteiger partial charge < -0.3 is 0 Å². The summed E-state index contributed by atoms with van der Waals surface area (Å²) in [5, 5.41) is 24.3. The second-order valence-corrected chi connectivity index (χ2v) is 5.65. The van der Waals surface area contributed by atoms with Crippen LogP contribution >= 0.6 is 11.6 Å². The third kappa shape index (κ3) is 3.38. The number of nitro groups is 1. The molecule has 1 aliphatic heterocycles. The summed E-state index contributed by atoms with van der Waals surface area (Å²) in [6.45, 7) is 1.68. The van der Waals surface area contributed by atoms with Gasteiger partial charge in [0.2, 0.25) is 0 Å². The SMILES string of the molecule is CC1=NN(c2ccccc2)C(=O)[C@@H]1N=Nc1ccc([N+](=O)[O-])cc1Cl. The molecule has 2 aromatic rings. The number of anilines is 1. The van der Waals surface area contributed by atoms with E-state index in [0.717, 1.165) is 0 Å². The average Bonchev–Trinajstić information content (AvgIpc) is 2.89. The highest BCUT2D eigenvalue weighted by Gasteiger charge is 2.34. The fraction of sp³-hybridized carbons (Fsp3) is 0.125. The van der Waals surface area contributed by atoms with Gasteiger partial charge in [-0.25, -0.2) is 0 Å². The number of para-hydroxylation sites is 1. The largest absolute Gasteiger partial charge is 0.280 e. The van der Waals surface area contributed by atoms with Crippen LogP contribution < -0.4 is 5.01 Å². The number of hydrogen-bond donors (Lipinski definition) is 0. The molecule has 25 heavy (non-hydrogen) atoms. The summed E-state index contributed by atoms with van der Waals surface area (Å²) in [6.07, 6.45) is 0. The maximum atomic E-state index is 12.5. The summed E-state index contributed by atoms with van der Waals surface area (Å²) in [4.78, 5) is 22.7. The fourth-order valence-corrected chi connectivity index (χ4v) is 2.47. The first-order valence-corrected chi connectivity index (χ1v) is 7.64. The summed E-state index contributed by atoms with van der Waals surface area (Å²) in [7, 11) is 0. The second kappa shape index (κ2) is 6.78. The van der Waals surface area contributed by atoms with Crippen molar-refractivity contribution in [3.05, 3.63) is 63.7 Å². The lowest BCUT2D eigenvalue weighted by molar-refractivity contribution is -0.384. The Hall–Kier alpha value is -3.13. The zero-order valence-corrected chi connectivity index (χ0v) is 13.8. The topological polar surface area (TPSA) is 101 Å². The van der Waals surface area contributed by atoms with Crippen LogP contribution in [0.3, 0.4) is 0 Å². The predicted molar refractivity (Wildman–Crippen MR) is 93.4 cm³/mol. The van der Waals surface area contributed by atoms with Crippen molar-refractivity contribution in [3.63, 3.8) is 0 Å². The summed E-state index contributed by atoms with van der Waals surface area (Å²) in [6, 6.07) is 12.0. The quantitative estimate of drug-likeness (QED) is 0.467. The molecule has 9 heteroatoms. The van der Waals surface area contributed by atoms with E-state index in [1.807, 2.05) is 6.07 Å². The zero-order valence-electron chi connectivity index (χ0n) is 13.0. The number of hydrazone groups is 1. The molecule has 0 bridgehead atoms. The van der Waals surface area contributed by atoms with Gasteiger partial charge in [-0.1, -0.05) is 29.8 Å². The number of carbonyl (C=O) groups is 1. The summed E-state index contributed by atoms with van der Waals surface area (Å²) >= 11 is 5.97. The van der Waals surface area contributed by atoms with Crippen LogP contribution in [0.5, 0.6) is 0 Å². The lowest BCUT2D eigenvalue weighted by Gasteiger charge is -2.11. The van der Waals surface area contributed by atoms with Crippen LogP contribution in [0, 0.1) is 10.1 Å². The smallest absolute Gasteiger partial charge is 0.269 e. The van der Waals surface area contributed by atoms with E-state index in [0.29, 0.717) is 11.4 Å². The van der Waals surface area contributed by atoms with Gasteiger partial charge in [0, 0.05) is 12.1 Å². The molecule has 0 N–H and O–H groups in total. The Morgan fingerprint density at radius 2 is 1.96 bits per heavy atom. The van der Waals surface area contributed by atoms with Crippen LogP contribution in [0.25, 0.3) is 0 Å². The highest BCUT2D eigenvalue weighted by molar-refractivity contribution is 6.33. The molecule has 3 rings (SSSR count). The van der Waals surface area contributed by atoms with Crippen LogP contribution in [0.2, 0.25) is 5.02 Å². The molecule has 126 valence electrons. The van der Waals surface area contributed by atoms with Crippen LogP contribution in [0.15, 0.2) is 63.9 Å². The van der Waals surface area contributed by atoms with Crippen molar-refractivity contribution in [3.8, 4) is 0 Å². The van der Waals surface area contributed by atoms with E-state index in [-0.39, 0.29) is 22.3 Å². The maximum Gasteiger partial charge on any atom is 0.280 e. The molecule has 1 atom stereocenters. The van der Waals surface area contributed by atoms with Crippen LogP contribution in [-0.2, 0) is 4.79 Å². The summed E-state index contributed by atoms with van der Waals surface area (Å²) in [5.41, 5.74) is 1.23. The molecule has 0 aromatic heterocycles. The zero-order chi connectivity index (χ0) is 18.0. The number of halogens is 1. The van der Waals surface area contributed by atoms with E-state index < -0.39 is 11.0 Å². The molecule has 0 fully saturated rings. The molecular weight excluding hydrogens is 346 g/mol. The van der Waals surface area contributed by atoms with Crippen LogP contribution in [-0.4, -0.2) is 22.6 Å². The molecule has 0 unspecified atom stereocenters. The summed E-state index contributed by atoms with van der Waals surface area (Å²) < 4.78 is 0. The summed E-state index contributed by atoms with van der Waals surface area (Å²) in [5.74, 6) is -0.328. The van der Waals surface area contributed by atoms with Gasteiger partial charge in [0.1, 0.15) is 5.69 Å². The average molecular weight is 358 g/mol. The number of benzene rings is 2. The van der Waals surface area contributed by atoms with Gasteiger partial charge in [0.15, 0.2) is 6.04 Å². The lowest BCUT2D eigenvalue weighted by Crippen LogP contribution is -2.29. The lowest BCUT2D eigenvalue weighted by atomic mass is 10.2. The molecule has 1 aliphatic rings. The number of amides is 1. The number of azo groups is 1. The molecule has 0 aliphatic carbocycles. The molecular formula is C16H12ClN5O3. The minimum Gasteiger partial charge on any atom is -0.269 e. The molecule has 1 amide bonds. The Morgan fingerprint density at radius 1 is 1.24 bits per heavy atom. The van der Waals surface area contributed by atoms with Gasteiger partial charge in [-0.3, -0.25) is 14.9 Å². The molecule has 0 saturated carbocycles. The molecule has 0 saturated heterocycles. The number of nitro benzene ring substituents is 1. The van der Waals surface area contributed by atoms with E-state index >= 15 is 0 Å². The highest BCUT2D eigenvalue weighted by Crippen LogP contribution is 2.30. The maximum absolute atomic E-state index is 12.5. The second-order valence-electron chi connectivity index (χ2n) is 5.24. The van der Waals surface area contributed by atoms with Gasteiger partial charge in [0.25, 0.3) is 11.6 Å².